The van der Waals surface area contributed by atoms with E-state index >= 15 is 0 Å². The maximum Gasteiger partial charge on any atom is 0.244 e. The van der Waals surface area contributed by atoms with Gasteiger partial charge in [0.05, 0.1) is 17.9 Å². The van der Waals surface area contributed by atoms with Gasteiger partial charge in [-0.1, -0.05) is 65.2 Å². The molecule has 0 bridgehead atoms. The topological polar surface area (TPSA) is 76.0 Å². The normalized spacial score (nSPS) is 12.5. The molecule has 2 amide bonds. The van der Waals surface area contributed by atoms with Crippen LogP contribution in [0.1, 0.15) is 77.1 Å². The minimum atomic E-state index is -0.259. The van der Waals surface area contributed by atoms with Crippen LogP contribution in [-0.2, 0) is 15.0 Å². The fourth-order valence-electron chi connectivity index (χ4n) is 3.53. The number of aromatic nitrogens is 2. The van der Waals surface area contributed by atoms with E-state index in [1.54, 1.807) is 4.68 Å². The monoisotopic (exact) mass is 426 g/mol. The number of anilines is 1. The van der Waals surface area contributed by atoms with Gasteiger partial charge in [0, 0.05) is 17.4 Å². The third-order valence-electron chi connectivity index (χ3n) is 5.52. The van der Waals surface area contributed by atoms with Gasteiger partial charge in [0.1, 0.15) is 5.82 Å². The van der Waals surface area contributed by atoms with Gasteiger partial charge < -0.3 is 10.6 Å². The summed E-state index contributed by atoms with van der Waals surface area (Å²) < 4.78 is 1.78. The number of hydrogen-bond acceptors (Lipinski definition) is 3. The molecular formula is C25H38N4O2. The number of carbonyl (C=O) groups excluding carboxylic acids is 2. The van der Waals surface area contributed by atoms with E-state index in [1.165, 1.54) is 5.56 Å². The lowest BCUT2D eigenvalue weighted by atomic mass is 9.92. The van der Waals surface area contributed by atoms with Crippen LogP contribution in [0.4, 0.5) is 5.82 Å². The van der Waals surface area contributed by atoms with E-state index in [-0.39, 0.29) is 29.7 Å². The highest BCUT2D eigenvalue weighted by atomic mass is 16.2. The molecule has 1 atom stereocenters. The van der Waals surface area contributed by atoms with E-state index in [4.69, 9.17) is 5.10 Å². The first-order chi connectivity index (χ1) is 14.6. The van der Waals surface area contributed by atoms with Crippen LogP contribution in [0, 0.1) is 19.8 Å². The number of carbonyl (C=O) groups is 2. The van der Waals surface area contributed by atoms with E-state index in [0.717, 1.165) is 42.6 Å². The molecule has 0 unspecified atom stereocenters. The maximum absolute atomic E-state index is 12.7. The van der Waals surface area contributed by atoms with Gasteiger partial charge in [-0.05, 0) is 38.3 Å². The molecule has 0 aliphatic heterocycles. The van der Waals surface area contributed by atoms with Crippen molar-refractivity contribution in [2.75, 3.05) is 11.9 Å². The Labute approximate surface area is 186 Å². The Morgan fingerprint density at radius 1 is 1.13 bits per heavy atom. The average Bonchev–Trinajstić information content (AvgIpc) is 3.11. The summed E-state index contributed by atoms with van der Waals surface area (Å²) in [5.41, 5.74) is 3.90. The highest BCUT2D eigenvalue weighted by Crippen LogP contribution is 2.27. The van der Waals surface area contributed by atoms with Crippen LogP contribution in [0.25, 0.3) is 5.69 Å². The second kappa shape index (κ2) is 10.6. The second-order valence-electron chi connectivity index (χ2n) is 9.38. The summed E-state index contributed by atoms with van der Waals surface area (Å²) in [6, 6.07) is 8.06. The number of nitrogens with one attached hydrogen (secondary N) is 2. The number of hydrogen-bond donors (Lipinski definition) is 2. The van der Waals surface area contributed by atoms with Crippen molar-refractivity contribution in [3.05, 3.63) is 41.1 Å². The number of rotatable bonds is 9. The van der Waals surface area contributed by atoms with Gasteiger partial charge in [-0.25, -0.2) is 4.68 Å². The number of unbranched alkanes of at least 4 members (excludes halogenated alkanes) is 1. The fourth-order valence-corrected chi connectivity index (χ4v) is 3.53. The van der Waals surface area contributed by atoms with Crippen LogP contribution in [0.15, 0.2) is 24.3 Å². The van der Waals surface area contributed by atoms with Crippen molar-refractivity contribution in [1.29, 1.82) is 0 Å². The molecule has 1 heterocycles. The van der Waals surface area contributed by atoms with Crippen molar-refractivity contribution >= 4 is 17.6 Å². The van der Waals surface area contributed by atoms with E-state index in [2.05, 4.69) is 51.3 Å². The fraction of sp³-hybridized carbons (Fsp3) is 0.560. The third kappa shape index (κ3) is 6.68. The number of nitrogens with zero attached hydrogens (tertiary/aromatic N) is 2. The third-order valence-corrected chi connectivity index (χ3v) is 5.52. The van der Waals surface area contributed by atoms with Crippen molar-refractivity contribution in [3.63, 3.8) is 0 Å². The molecule has 0 radical (unpaired) electrons. The molecule has 6 nitrogen and oxygen atoms in total. The molecule has 0 fully saturated rings. The molecule has 0 spiro atoms. The van der Waals surface area contributed by atoms with Crippen molar-refractivity contribution in [2.24, 2.45) is 5.92 Å². The van der Waals surface area contributed by atoms with E-state index in [1.807, 2.05) is 32.0 Å². The predicted octanol–water partition coefficient (Wildman–Crippen LogP) is 5.06. The highest BCUT2D eigenvalue weighted by molar-refractivity contribution is 5.94. The van der Waals surface area contributed by atoms with Crippen molar-refractivity contribution in [3.8, 4) is 5.69 Å². The molecule has 6 heteroatoms. The summed E-state index contributed by atoms with van der Waals surface area (Å²) in [5.74, 6) is 0.254. The molecule has 1 aromatic carbocycles. The van der Waals surface area contributed by atoms with Crippen LogP contribution in [0.2, 0.25) is 0 Å². The summed E-state index contributed by atoms with van der Waals surface area (Å²) in [6.45, 7) is 14.4. The summed E-state index contributed by atoms with van der Waals surface area (Å²) in [7, 11) is 0. The van der Waals surface area contributed by atoms with Crippen LogP contribution < -0.4 is 10.6 Å². The zero-order valence-corrected chi connectivity index (χ0v) is 20.1. The molecular weight excluding hydrogens is 388 g/mol. The molecule has 1 aromatic heterocycles. The van der Waals surface area contributed by atoms with E-state index < -0.39 is 0 Å². The SMILES string of the molecule is CCCC[C@@H](CC)C(=O)NCC(=O)Nc1cc(C(C)(C)C)nn1-c1ccc(C)cc1C. The Balaban J connectivity index is 2.19. The lowest BCUT2D eigenvalue weighted by Gasteiger charge is -2.15. The van der Waals surface area contributed by atoms with Crippen molar-refractivity contribution in [1.82, 2.24) is 15.1 Å². The van der Waals surface area contributed by atoms with Crippen molar-refractivity contribution < 1.29 is 9.59 Å². The molecule has 0 aliphatic rings. The van der Waals surface area contributed by atoms with E-state index in [0.29, 0.717) is 5.82 Å². The predicted molar refractivity (Wildman–Crippen MR) is 127 cm³/mol. The van der Waals surface area contributed by atoms with Gasteiger partial charge in [-0.2, -0.15) is 5.10 Å². The largest absolute Gasteiger partial charge is 0.347 e. The van der Waals surface area contributed by atoms with Gasteiger partial charge in [0.2, 0.25) is 11.8 Å². The average molecular weight is 427 g/mol. The minimum absolute atomic E-state index is 0.0408. The van der Waals surface area contributed by atoms with Gasteiger partial charge >= 0.3 is 0 Å². The molecule has 2 N–H and O–H groups in total. The highest BCUT2D eigenvalue weighted by Gasteiger charge is 2.22. The lowest BCUT2D eigenvalue weighted by molar-refractivity contribution is -0.127. The molecule has 0 saturated carbocycles. The van der Waals surface area contributed by atoms with Crippen LogP contribution in [0.3, 0.4) is 0 Å². The Bertz CT molecular complexity index is 909. The molecule has 2 rings (SSSR count). The summed E-state index contributed by atoms with van der Waals surface area (Å²) in [4.78, 5) is 25.1. The molecule has 170 valence electrons. The zero-order valence-electron chi connectivity index (χ0n) is 20.1. The second-order valence-corrected chi connectivity index (χ2v) is 9.38. The number of benzene rings is 1. The van der Waals surface area contributed by atoms with Crippen LogP contribution in [-0.4, -0.2) is 28.1 Å². The summed E-state index contributed by atoms with van der Waals surface area (Å²) >= 11 is 0. The van der Waals surface area contributed by atoms with Crippen molar-refractivity contribution in [2.45, 2.75) is 79.6 Å². The lowest BCUT2D eigenvalue weighted by Crippen LogP contribution is -2.37. The smallest absolute Gasteiger partial charge is 0.244 e. The van der Waals surface area contributed by atoms with Gasteiger partial charge in [-0.3, -0.25) is 9.59 Å². The Kier molecular flexibility index (Phi) is 8.43. The molecule has 31 heavy (non-hydrogen) atoms. The van der Waals surface area contributed by atoms with E-state index in [9.17, 15) is 9.59 Å². The number of amides is 2. The van der Waals surface area contributed by atoms with Gasteiger partial charge in [0.25, 0.3) is 0 Å². The van der Waals surface area contributed by atoms with Crippen LogP contribution in [0.5, 0.6) is 0 Å². The number of aryl methyl sites for hydroxylation is 2. The molecule has 2 aromatic rings. The quantitative estimate of drug-likeness (QED) is 0.588. The minimum Gasteiger partial charge on any atom is -0.347 e. The molecule has 0 saturated heterocycles. The first-order valence-electron chi connectivity index (χ1n) is 11.3. The van der Waals surface area contributed by atoms with Gasteiger partial charge in [-0.15, -0.1) is 0 Å². The standard InChI is InChI=1S/C25H38N4O2/c1-8-10-11-19(9-2)24(31)26-16-23(30)27-22-15-21(25(5,6)7)28-29(22)20-13-12-17(3)14-18(20)4/h12-15,19H,8-11,16H2,1-7H3,(H,26,31)(H,27,30)/t19-/m1/s1. The Morgan fingerprint density at radius 2 is 1.84 bits per heavy atom. The Hall–Kier alpha value is -2.63. The maximum atomic E-state index is 12.7. The summed E-state index contributed by atoms with van der Waals surface area (Å²) in [6.07, 6.45) is 3.71. The molecule has 0 aliphatic carbocycles. The van der Waals surface area contributed by atoms with Gasteiger partial charge in [0.15, 0.2) is 0 Å². The first kappa shape index (κ1) is 24.6. The van der Waals surface area contributed by atoms with Crippen LogP contribution >= 0.6 is 0 Å². The first-order valence-corrected chi connectivity index (χ1v) is 11.3. The zero-order chi connectivity index (χ0) is 23.2. The Morgan fingerprint density at radius 3 is 2.42 bits per heavy atom. The summed E-state index contributed by atoms with van der Waals surface area (Å²) in [5, 5.41) is 10.5.